The highest BCUT2D eigenvalue weighted by Gasteiger charge is 2.23. The Morgan fingerprint density at radius 2 is 0.486 bits per heavy atom. The quantitative estimate of drug-likeness (QED) is 0.136. The van der Waals surface area contributed by atoms with Crippen molar-refractivity contribution in [1.82, 2.24) is 9.13 Å². The smallest absolute Gasteiger partial charge is 0.0560 e. The molecule has 0 spiro atoms. The highest BCUT2D eigenvalue weighted by atomic mass is 15.2. The maximum Gasteiger partial charge on any atom is 0.0560 e. The summed E-state index contributed by atoms with van der Waals surface area (Å²) in [6.07, 6.45) is 0. The normalized spacial score (nSPS) is 11.4. The van der Waals surface area contributed by atoms with Crippen molar-refractivity contribution in [1.29, 1.82) is 0 Å². The van der Waals surface area contributed by atoms with Gasteiger partial charge in [0.15, 0.2) is 0 Å². The number of rotatable bonds is 10. The largest absolute Gasteiger partial charge is 0.310 e. The Morgan fingerprint density at radius 3 is 0.771 bits per heavy atom. The first-order valence-electron chi connectivity index (χ1n) is 23.9. The number of nitrogens with zero attached hydrogens (tertiary/aromatic N) is 4. The van der Waals surface area contributed by atoms with Crippen molar-refractivity contribution in [3.8, 4) is 33.6 Å². The number of benzene rings is 11. The van der Waals surface area contributed by atoms with Gasteiger partial charge in [-0.3, -0.25) is 0 Å². The third-order valence-corrected chi connectivity index (χ3v) is 13.7. The van der Waals surface area contributed by atoms with Crippen LogP contribution in [0.5, 0.6) is 0 Å². The van der Waals surface area contributed by atoms with Crippen molar-refractivity contribution in [2.24, 2.45) is 0 Å². The molecule has 2 aromatic heterocycles. The predicted molar refractivity (Wildman–Crippen MR) is 295 cm³/mol. The minimum absolute atomic E-state index is 1.08. The van der Waals surface area contributed by atoms with E-state index in [1.807, 2.05) is 0 Å². The molecule has 13 aromatic rings. The van der Waals surface area contributed by atoms with Crippen LogP contribution in [0.1, 0.15) is 0 Å². The number of fused-ring (bicyclic) bond motifs is 6. The zero-order chi connectivity index (χ0) is 46.4. The van der Waals surface area contributed by atoms with E-state index in [1.165, 1.54) is 43.6 Å². The third kappa shape index (κ3) is 7.01. The number of para-hydroxylation sites is 8. The molecule has 0 bridgehead atoms. The highest BCUT2D eigenvalue weighted by Crippen LogP contribution is 2.46. The Morgan fingerprint density at radius 1 is 0.229 bits per heavy atom. The molecule has 0 fully saturated rings. The molecule has 0 saturated carbocycles. The predicted octanol–water partition coefficient (Wildman–Crippen LogP) is 18.2. The first-order chi connectivity index (χ1) is 34.8. The summed E-state index contributed by atoms with van der Waals surface area (Å²) in [6.45, 7) is 0. The monoisotopic (exact) mass is 894 g/mol. The van der Waals surface area contributed by atoms with E-state index < -0.39 is 0 Å². The van der Waals surface area contributed by atoms with Gasteiger partial charge in [0.05, 0.1) is 33.4 Å². The topological polar surface area (TPSA) is 16.3 Å². The van der Waals surface area contributed by atoms with Crippen molar-refractivity contribution in [2.45, 2.75) is 0 Å². The van der Waals surface area contributed by atoms with Crippen molar-refractivity contribution < 1.29 is 0 Å². The molecular weight excluding hydrogens is 849 g/mol. The number of hydrogen-bond acceptors (Lipinski definition) is 2. The second-order valence-corrected chi connectivity index (χ2v) is 17.7. The molecule has 0 amide bonds. The summed E-state index contributed by atoms with van der Waals surface area (Å²) in [5.41, 5.74) is 17.9. The van der Waals surface area contributed by atoms with E-state index in [0.29, 0.717) is 0 Å². The van der Waals surface area contributed by atoms with Crippen molar-refractivity contribution in [2.75, 3.05) is 9.80 Å². The Balaban J connectivity index is 1.01. The van der Waals surface area contributed by atoms with Crippen LogP contribution in [-0.4, -0.2) is 9.13 Å². The van der Waals surface area contributed by atoms with Crippen LogP contribution in [0.2, 0.25) is 0 Å². The van der Waals surface area contributed by atoms with Crippen LogP contribution >= 0.6 is 0 Å². The summed E-state index contributed by atoms with van der Waals surface area (Å²) in [7, 11) is 0. The Kier molecular flexibility index (Phi) is 10.1. The molecule has 0 saturated heterocycles. The molecule has 0 aliphatic rings. The fourth-order valence-corrected chi connectivity index (χ4v) is 10.6. The lowest BCUT2D eigenvalue weighted by molar-refractivity contribution is 1.17. The van der Waals surface area contributed by atoms with Crippen LogP contribution in [0.3, 0.4) is 0 Å². The number of hydrogen-bond donors (Lipinski definition) is 0. The van der Waals surface area contributed by atoms with Gasteiger partial charge in [0.1, 0.15) is 0 Å². The van der Waals surface area contributed by atoms with Crippen LogP contribution in [0.4, 0.5) is 34.1 Å². The van der Waals surface area contributed by atoms with E-state index in [4.69, 9.17) is 0 Å². The van der Waals surface area contributed by atoms with Gasteiger partial charge in [-0.05, 0) is 108 Å². The standard InChI is InChI=1S/C66H46N4/c1-5-21-49(22-6-1)67(50-23-7-2-8-24-50)65-45-53(69-61-33-17-13-29-57(61)58-30-14-18-34-62(58)69)41-43-55(65)47-37-39-48(40-38-47)56-44-42-54(70-63-35-19-15-31-59(63)60-32-16-20-36-64(60)70)46-66(56)68(51-25-9-3-10-26-51)52-27-11-4-12-28-52/h1-46H. The Hall–Kier alpha value is -9.38. The van der Waals surface area contributed by atoms with Gasteiger partial charge in [0.2, 0.25) is 0 Å². The van der Waals surface area contributed by atoms with Gasteiger partial charge < -0.3 is 18.9 Å². The lowest BCUT2D eigenvalue weighted by atomic mass is 9.96. The summed E-state index contributed by atoms with van der Waals surface area (Å²) in [4.78, 5) is 4.79. The summed E-state index contributed by atoms with van der Waals surface area (Å²) in [5.74, 6) is 0. The average molecular weight is 895 g/mol. The molecule has 4 nitrogen and oxygen atoms in total. The zero-order valence-corrected chi connectivity index (χ0v) is 38.3. The molecule has 0 aliphatic heterocycles. The average Bonchev–Trinajstić information content (AvgIpc) is 3.96. The van der Waals surface area contributed by atoms with Gasteiger partial charge in [-0.15, -0.1) is 0 Å². The van der Waals surface area contributed by atoms with Crippen LogP contribution in [0.25, 0.3) is 77.2 Å². The minimum atomic E-state index is 1.08. The van der Waals surface area contributed by atoms with E-state index in [1.54, 1.807) is 0 Å². The van der Waals surface area contributed by atoms with E-state index in [2.05, 4.69) is 298 Å². The summed E-state index contributed by atoms with van der Waals surface area (Å²) in [6, 6.07) is 101. The lowest BCUT2D eigenvalue weighted by Gasteiger charge is -2.29. The van der Waals surface area contributed by atoms with Crippen LogP contribution < -0.4 is 9.80 Å². The molecule has 0 N–H and O–H groups in total. The molecule has 13 rings (SSSR count). The second kappa shape index (κ2) is 17.4. The zero-order valence-electron chi connectivity index (χ0n) is 38.3. The molecule has 0 aliphatic carbocycles. The first kappa shape index (κ1) is 40.9. The van der Waals surface area contributed by atoms with E-state index in [0.717, 1.165) is 67.8 Å². The Labute approximate surface area is 407 Å². The van der Waals surface area contributed by atoms with Crippen molar-refractivity contribution in [3.63, 3.8) is 0 Å². The SMILES string of the molecule is c1ccc(N(c2ccccc2)c2cc(-n3c4ccccc4c4ccccc43)ccc2-c2ccc(-c3ccc(-n4c5ccccc5c5ccccc54)cc3N(c3ccccc3)c3ccccc3)cc2)cc1. The molecule has 0 atom stereocenters. The van der Waals surface area contributed by atoms with Crippen LogP contribution in [0, 0.1) is 0 Å². The molecule has 0 radical (unpaired) electrons. The van der Waals surface area contributed by atoms with E-state index in [-0.39, 0.29) is 0 Å². The number of anilines is 6. The van der Waals surface area contributed by atoms with Crippen molar-refractivity contribution in [3.05, 3.63) is 279 Å². The van der Waals surface area contributed by atoms with Gasteiger partial charge in [0, 0.05) is 66.8 Å². The second-order valence-electron chi connectivity index (χ2n) is 17.7. The summed E-state index contributed by atoms with van der Waals surface area (Å²) in [5, 5.41) is 4.95. The fourth-order valence-electron chi connectivity index (χ4n) is 10.6. The maximum atomic E-state index is 2.41. The van der Waals surface area contributed by atoms with E-state index in [9.17, 15) is 0 Å². The Bertz CT molecular complexity index is 3540. The molecular formula is C66H46N4. The maximum absolute atomic E-state index is 2.41. The van der Waals surface area contributed by atoms with Crippen LogP contribution in [-0.2, 0) is 0 Å². The van der Waals surface area contributed by atoms with Crippen molar-refractivity contribution >= 4 is 77.7 Å². The fraction of sp³-hybridized carbons (Fsp3) is 0. The van der Waals surface area contributed by atoms with E-state index >= 15 is 0 Å². The van der Waals surface area contributed by atoms with Gasteiger partial charge in [-0.25, -0.2) is 0 Å². The molecule has 70 heavy (non-hydrogen) atoms. The third-order valence-electron chi connectivity index (χ3n) is 13.7. The molecule has 11 aromatic carbocycles. The van der Waals surface area contributed by atoms with Gasteiger partial charge in [0.25, 0.3) is 0 Å². The number of aromatic nitrogens is 2. The minimum Gasteiger partial charge on any atom is -0.310 e. The summed E-state index contributed by atoms with van der Waals surface area (Å²) < 4.78 is 4.82. The lowest BCUT2D eigenvalue weighted by Crippen LogP contribution is -2.12. The van der Waals surface area contributed by atoms with Crippen LogP contribution in [0.15, 0.2) is 279 Å². The molecule has 330 valence electrons. The highest BCUT2D eigenvalue weighted by molar-refractivity contribution is 6.10. The van der Waals surface area contributed by atoms with Gasteiger partial charge in [-0.2, -0.15) is 0 Å². The van der Waals surface area contributed by atoms with Gasteiger partial charge >= 0.3 is 0 Å². The molecule has 4 heteroatoms. The van der Waals surface area contributed by atoms with Gasteiger partial charge in [-0.1, -0.05) is 182 Å². The summed E-state index contributed by atoms with van der Waals surface area (Å²) >= 11 is 0. The molecule has 2 heterocycles. The molecule has 0 unspecified atom stereocenters. The first-order valence-corrected chi connectivity index (χ1v) is 23.9.